The number of hydrogen-bond donors (Lipinski definition) is 1. The molecule has 0 aromatic heterocycles. The fourth-order valence-electron chi connectivity index (χ4n) is 1.53. The molecule has 0 aliphatic carbocycles. The maximum absolute atomic E-state index is 12.4. The Morgan fingerprint density at radius 1 is 1.47 bits per heavy atom. The SMILES string of the molecule is CC(C)OC(=O)[C@H](C)NP1(=O)CN(C)CCS1. The average molecular weight is 280 g/mol. The van der Waals surface area contributed by atoms with Gasteiger partial charge in [-0.05, 0) is 27.8 Å². The number of hydrogen-bond acceptors (Lipinski definition) is 5. The van der Waals surface area contributed by atoms with Gasteiger partial charge >= 0.3 is 5.97 Å². The summed E-state index contributed by atoms with van der Waals surface area (Å²) >= 11 is 1.43. The molecule has 7 heteroatoms. The van der Waals surface area contributed by atoms with Crippen molar-refractivity contribution in [3.63, 3.8) is 0 Å². The lowest BCUT2D eigenvalue weighted by Crippen LogP contribution is -2.38. The van der Waals surface area contributed by atoms with E-state index in [9.17, 15) is 9.36 Å². The van der Waals surface area contributed by atoms with E-state index >= 15 is 0 Å². The third kappa shape index (κ3) is 5.00. The topological polar surface area (TPSA) is 58.6 Å². The first-order valence-corrected chi connectivity index (χ1v) is 9.21. The van der Waals surface area contributed by atoms with Crippen LogP contribution in [0.2, 0.25) is 0 Å². The summed E-state index contributed by atoms with van der Waals surface area (Å²) in [5.74, 6) is 0.483. The first-order valence-electron chi connectivity index (χ1n) is 5.73. The van der Waals surface area contributed by atoms with Gasteiger partial charge in [-0.25, -0.2) is 5.09 Å². The van der Waals surface area contributed by atoms with E-state index in [4.69, 9.17) is 4.74 Å². The number of carbonyl (C=O) groups is 1. The molecule has 0 bridgehead atoms. The Morgan fingerprint density at radius 3 is 2.65 bits per heavy atom. The van der Waals surface area contributed by atoms with Gasteiger partial charge in [0.15, 0.2) is 0 Å². The lowest BCUT2D eigenvalue weighted by atomic mass is 10.4. The summed E-state index contributed by atoms with van der Waals surface area (Å²) in [6.07, 6.45) is 0.353. The molecule has 1 N–H and O–H groups in total. The van der Waals surface area contributed by atoms with Gasteiger partial charge in [-0.1, -0.05) is 11.4 Å². The highest BCUT2D eigenvalue weighted by atomic mass is 32.7. The highest BCUT2D eigenvalue weighted by Crippen LogP contribution is 2.57. The van der Waals surface area contributed by atoms with Gasteiger partial charge in [0, 0.05) is 12.3 Å². The zero-order chi connectivity index (χ0) is 13.1. The first kappa shape index (κ1) is 15.0. The average Bonchev–Trinajstić information content (AvgIpc) is 2.14. The molecule has 1 aliphatic heterocycles. The summed E-state index contributed by atoms with van der Waals surface area (Å²) in [6, 6.07) is -0.526. The van der Waals surface area contributed by atoms with Crippen LogP contribution in [0.5, 0.6) is 0 Å². The number of ether oxygens (including phenoxy) is 1. The van der Waals surface area contributed by atoms with Crippen LogP contribution >= 0.6 is 17.9 Å². The van der Waals surface area contributed by atoms with E-state index in [1.165, 1.54) is 11.4 Å². The number of rotatable bonds is 4. The van der Waals surface area contributed by atoms with Crippen LogP contribution in [-0.4, -0.2) is 48.6 Å². The molecular formula is C10H21N2O3PS. The van der Waals surface area contributed by atoms with Gasteiger partial charge in [-0.2, -0.15) is 0 Å². The molecule has 2 atom stereocenters. The van der Waals surface area contributed by atoms with E-state index in [0.29, 0.717) is 6.29 Å². The van der Waals surface area contributed by atoms with Crippen LogP contribution in [-0.2, 0) is 14.1 Å². The summed E-state index contributed by atoms with van der Waals surface area (Å²) < 4.78 is 17.5. The minimum absolute atomic E-state index is 0.144. The molecule has 5 nitrogen and oxygen atoms in total. The number of carbonyl (C=O) groups excluding carboxylic acids is 1. The normalized spacial score (nSPS) is 28.1. The molecule has 0 amide bonds. The highest BCUT2D eigenvalue weighted by Gasteiger charge is 2.32. The first-order chi connectivity index (χ1) is 7.82. The third-order valence-corrected chi connectivity index (χ3v) is 7.18. The van der Waals surface area contributed by atoms with E-state index in [2.05, 4.69) is 5.09 Å². The zero-order valence-corrected chi connectivity index (χ0v) is 12.5. The van der Waals surface area contributed by atoms with Crippen molar-refractivity contribution in [2.24, 2.45) is 0 Å². The van der Waals surface area contributed by atoms with Gasteiger partial charge in [0.2, 0.25) is 6.49 Å². The molecule has 0 saturated carbocycles. The Kier molecular flexibility index (Phi) is 5.51. The van der Waals surface area contributed by atoms with E-state index in [-0.39, 0.29) is 12.1 Å². The maximum Gasteiger partial charge on any atom is 0.323 e. The van der Waals surface area contributed by atoms with Crippen molar-refractivity contribution < 1.29 is 14.1 Å². The minimum Gasteiger partial charge on any atom is -0.462 e. The second kappa shape index (κ2) is 6.23. The molecule has 0 aromatic carbocycles. The highest BCUT2D eigenvalue weighted by molar-refractivity contribution is 8.57. The molecule has 1 fully saturated rings. The molecule has 0 radical (unpaired) electrons. The molecule has 1 unspecified atom stereocenters. The smallest absolute Gasteiger partial charge is 0.323 e. The lowest BCUT2D eigenvalue weighted by molar-refractivity contribution is -0.148. The van der Waals surface area contributed by atoms with Crippen LogP contribution < -0.4 is 5.09 Å². The van der Waals surface area contributed by atoms with Crippen LogP contribution in [0, 0.1) is 0 Å². The largest absolute Gasteiger partial charge is 0.462 e. The van der Waals surface area contributed by atoms with Crippen molar-refractivity contribution in [2.45, 2.75) is 32.9 Å². The van der Waals surface area contributed by atoms with Gasteiger partial charge in [-0.15, -0.1) is 0 Å². The minimum atomic E-state index is -2.53. The maximum atomic E-state index is 12.4. The lowest BCUT2D eigenvalue weighted by Gasteiger charge is -2.31. The van der Waals surface area contributed by atoms with Crippen molar-refractivity contribution in [1.82, 2.24) is 9.99 Å². The number of nitrogens with one attached hydrogen (secondary N) is 1. The van der Waals surface area contributed by atoms with Crippen molar-refractivity contribution in [1.29, 1.82) is 0 Å². The fraction of sp³-hybridized carbons (Fsp3) is 0.900. The molecule has 0 spiro atoms. The molecule has 100 valence electrons. The third-order valence-electron chi connectivity index (χ3n) is 2.30. The zero-order valence-electron chi connectivity index (χ0n) is 10.8. The molecule has 17 heavy (non-hydrogen) atoms. The second-order valence-electron chi connectivity index (χ2n) is 4.56. The Bertz CT molecular complexity index is 325. The molecule has 0 aromatic rings. The van der Waals surface area contributed by atoms with Crippen LogP contribution in [0.3, 0.4) is 0 Å². The van der Waals surface area contributed by atoms with E-state index in [1.54, 1.807) is 20.8 Å². The quantitative estimate of drug-likeness (QED) is 0.625. The molecule has 1 saturated heterocycles. The van der Waals surface area contributed by atoms with Crippen LogP contribution in [0.15, 0.2) is 0 Å². The molecule has 1 heterocycles. The van der Waals surface area contributed by atoms with Gasteiger partial charge in [0.25, 0.3) is 0 Å². The van der Waals surface area contributed by atoms with Gasteiger partial charge in [0.1, 0.15) is 6.04 Å². The summed E-state index contributed by atoms with van der Waals surface area (Å²) in [6.45, 7) is 3.70. The van der Waals surface area contributed by atoms with Crippen LogP contribution in [0.25, 0.3) is 0 Å². The number of nitrogens with zero attached hydrogens (tertiary/aromatic N) is 1. The number of esters is 1. The summed E-state index contributed by atoms with van der Waals surface area (Å²) in [4.78, 5) is 13.6. The second-order valence-corrected chi connectivity index (χ2v) is 9.66. The van der Waals surface area contributed by atoms with E-state index in [1.807, 2.05) is 11.9 Å². The predicted molar refractivity (Wildman–Crippen MR) is 71.4 cm³/mol. The van der Waals surface area contributed by atoms with Crippen LogP contribution in [0.1, 0.15) is 20.8 Å². The monoisotopic (exact) mass is 280 g/mol. The van der Waals surface area contributed by atoms with Crippen molar-refractivity contribution in [3.05, 3.63) is 0 Å². The van der Waals surface area contributed by atoms with Crippen molar-refractivity contribution in [2.75, 3.05) is 25.6 Å². The van der Waals surface area contributed by atoms with E-state index in [0.717, 1.165) is 12.3 Å². The van der Waals surface area contributed by atoms with Gasteiger partial charge < -0.3 is 4.74 Å². The molecule has 1 rings (SSSR count). The van der Waals surface area contributed by atoms with Crippen molar-refractivity contribution >= 4 is 23.8 Å². The van der Waals surface area contributed by atoms with Crippen LogP contribution in [0.4, 0.5) is 0 Å². The predicted octanol–water partition coefficient (Wildman–Crippen LogP) is 1.75. The van der Waals surface area contributed by atoms with Gasteiger partial charge in [0.05, 0.1) is 12.4 Å². The van der Waals surface area contributed by atoms with Crippen molar-refractivity contribution in [3.8, 4) is 0 Å². The molecule has 1 aliphatic rings. The Morgan fingerprint density at radius 2 is 2.12 bits per heavy atom. The Labute approximate surface area is 107 Å². The fourth-order valence-corrected chi connectivity index (χ4v) is 6.60. The summed E-state index contributed by atoms with van der Waals surface area (Å²) in [5, 5.41) is 2.93. The standard InChI is InChI=1S/C10H21N2O3PS/c1-8(2)15-10(13)9(3)11-16(14)7-12(4)5-6-17-16/h8-9H,5-7H2,1-4H3,(H,11,14)/t9-,16?/m0/s1. The molecular weight excluding hydrogens is 259 g/mol. The Balaban J connectivity index is 2.52. The van der Waals surface area contributed by atoms with Gasteiger partial charge in [-0.3, -0.25) is 14.3 Å². The Hall–Kier alpha value is -0.0300. The van der Waals surface area contributed by atoms with E-state index < -0.39 is 12.5 Å². The summed E-state index contributed by atoms with van der Waals surface area (Å²) in [7, 11) is 1.94. The summed E-state index contributed by atoms with van der Waals surface area (Å²) in [5.41, 5.74) is 0.